The number of hydrogen-bond donors (Lipinski definition) is 1. The molecule has 5 heteroatoms. The van der Waals surface area contributed by atoms with Crippen LogP contribution in [0.4, 0.5) is 0 Å². The first kappa shape index (κ1) is 17.9. The maximum Gasteiger partial charge on any atom is 0.311 e. The molecule has 5 nitrogen and oxygen atoms in total. The van der Waals surface area contributed by atoms with Gasteiger partial charge in [-0.3, -0.25) is 4.79 Å². The highest BCUT2D eigenvalue weighted by atomic mass is 16.4. The maximum absolute atomic E-state index is 11.6. The van der Waals surface area contributed by atoms with Crippen molar-refractivity contribution in [3.8, 4) is 0 Å². The Morgan fingerprint density at radius 3 is 2.72 bits per heavy atom. The molecule has 29 heavy (non-hydrogen) atoms. The molecule has 2 aliphatic carbocycles. The van der Waals surface area contributed by atoms with Gasteiger partial charge < -0.3 is 9.67 Å². The molecule has 2 aromatic heterocycles. The molecule has 1 atom stereocenters. The normalized spacial score (nSPS) is 18.8. The van der Waals surface area contributed by atoms with E-state index >= 15 is 0 Å². The van der Waals surface area contributed by atoms with Gasteiger partial charge in [-0.15, -0.1) is 0 Å². The van der Waals surface area contributed by atoms with Gasteiger partial charge in [-0.1, -0.05) is 42.5 Å². The smallest absolute Gasteiger partial charge is 0.311 e. The highest BCUT2D eigenvalue weighted by molar-refractivity contribution is 5.88. The van der Waals surface area contributed by atoms with E-state index in [0.717, 1.165) is 45.8 Å². The van der Waals surface area contributed by atoms with Gasteiger partial charge in [0.1, 0.15) is 11.3 Å². The summed E-state index contributed by atoms with van der Waals surface area (Å²) < 4.78 is 2.25. The minimum absolute atomic E-state index is 0.475. The van der Waals surface area contributed by atoms with E-state index in [1.807, 2.05) is 42.6 Å². The lowest BCUT2D eigenvalue weighted by atomic mass is 9.86. The highest BCUT2D eigenvalue weighted by Gasteiger charge is 2.30. The Labute approximate surface area is 169 Å². The van der Waals surface area contributed by atoms with Crippen molar-refractivity contribution in [2.75, 3.05) is 0 Å². The van der Waals surface area contributed by atoms with Crippen molar-refractivity contribution >= 4 is 22.7 Å². The number of aliphatic carboxylic acids is 1. The second kappa shape index (κ2) is 6.99. The van der Waals surface area contributed by atoms with E-state index in [1.165, 1.54) is 12.8 Å². The summed E-state index contributed by atoms with van der Waals surface area (Å²) in [6, 6.07) is 10.3. The summed E-state index contributed by atoms with van der Waals surface area (Å²) in [5, 5.41) is 9.52. The Hall–Kier alpha value is -3.21. The number of allylic oxidation sites excluding steroid dienone is 3. The third-order valence-electron chi connectivity index (χ3n) is 5.89. The monoisotopic (exact) mass is 385 g/mol. The van der Waals surface area contributed by atoms with Gasteiger partial charge in [0.15, 0.2) is 5.65 Å². The molecule has 0 saturated heterocycles. The molecule has 0 spiro atoms. The van der Waals surface area contributed by atoms with Gasteiger partial charge in [0.25, 0.3) is 0 Å². The minimum atomic E-state index is -0.773. The van der Waals surface area contributed by atoms with Crippen LogP contribution in [0.15, 0.2) is 54.8 Å². The molecule has 3 aromatic rings. The van der Waals surface area contributed by atoms with Crippen molar-refractivity contribution in [1.29, 1.82) is 0 Å². The number of aryl methyl sites for hydroxylation is 1. The number of hydrogen-bond acceptors (Lipinski definition) is 3. The number of rotatable bonds is 5. The molecule has 1 N–H and O–H groups in total. The van der Waals surface area contributed by atoms with Crippen LogP contribution >= 0.6 is 0 Å². The van der Waals surface area contributed by atoms with Crippen molar-refractivity contribution in [3.05, 3.63) is 77.3 Å². The fraction of sp³-hybridized carbons (Fsp3) is 0.292. The average molecular weight is 385 g/mol. The van der Waals surface area contributed by atoms with Crippen molar-refractivity contribution in [2.24, 2.45) is 5.92 Å². The molecule has 2 heterocycles. The van der Waals surface area contributed by atoms with Gasteiger partial charge in [0, 0.05) is 12.1 Å². The summed E-state index contributed by atoms with van der Waals surface area (Å²) in [6.45, 7) is 2.80. The van der Waals surface area contributed by atoms with Gasteiger partial charge in [0.2, 0.25) is 0 Å². The van der Waals surface area contributed by atoms with Crippen LogP contribution in [-0.2, 0) is 11.3 Å². The molecule has 1 unspecified atom stereocenters. The van der Waals surface area contributed by atoms with E-state index in [-0.39, 0.29) is 0 Å². The molecule has 5 rings (SSSR count). The number of nitrogens with zero attached hydrogens (tertiary/aromatic N) is 3. The largest absolute Gasteiger partial charge is 0.481 e. The molecule has 0 aliphatic heterocycles. The molecule has 1 fully saturated rings. The van der Waals surface area contributed by atoms with Crippen LogP contribution in [0.1, 0.15) is 47.7 Å². The van der Waals surface area contributed by atoms with Crippen molar-refractivity contribution in [1.82, 2.24) is 14.5 Å². The van der Waals surface area contributed by atoms with Crippen LogP contribution in [0.25, 0.3) is 16.7 Å². The Morgan fingerprint density at radius 1 is 1.21 bits per heavy atom. The van der Waals surface area contributed by atoms with E-state index in [0.29, 0.717) is 12.3 Å². The van der Waals surface area contributed by atoms with Crippen LogP contribution < -0.4 is 0 Å². The zero-order valence-electron chi connectivity index (χ0n) is 16.4. The van der Waals surface area contributed by atoms with Crippen LogP contribution in [0.3, 0.4) is 0 Å². The number of imidazole rings is 1. The molecule has 0 radical (unpaired) electrons. The predicted octanol–water partition coefficient (Wildman–Crippen LogP) is 4.71. The first-order chi connectivity index (χ1) is 14.1. The standard InChI is InChI=1S/C24H23N3O2/c1-15-12-13-25-23-21(15)26-22(18-10-11-18)27(23)14-16-6-8-17(9-7-16)19-4-2-3-5-20(19)24(28)29/h2-4,6-9,12-13,18,20H,5,10-11,14H2,1H3,(H,28,29). The number of carbonyl (C=O) groups is 1. The summed E-state index contributed by atoms with van der Waals surface area (Å²) in [5.41, 5.74) is 6.10. The molecule has 146 valence electrons. The lowest BCUT2D eigenvalue weighted by Crippen LogP contribution is -2.16. The van der Waals surface area contributed by atoms with Gasteiger partial charge in [0.05, 0.1) is 12.5 Å². The van der Waals surface area contributed by atoms with Crippen LogP contribution in [-0.4, -0.2) is 25.6 Å². The topological polar surface area (TPSA) is 68.0 Å². The SMILES string of the molecule is Cc1ccnc2c1nc(C1CC1)n2Cc1ccc(C2=CC=CCC2C(=O)O)cc1. The van der Waals surface area contributed by atoms with Gasteiger partial charge >= 0.3 is 5.97 Å². The number of fused-ring (bicyclic) bond motifs is 1. The van der Waals surface area contributed by atoms with Crippen molar-refractivity contribution in [2.45, 2.75) is 38.6 Å². The van der Waals surface area contributed by atoms with E-state index < -0.39 is 11.9 Å². The van der Waals surface area contributed by atoms with Gasteiger partial charge in [-0.25, -0.2) is 9.97 Å². The lowest BCUT2D eigenvalue weighted by molar-refractivity contribution is -0.139. The number of aromatic nitrogens is 3. The Bertz CT molecular complexity index is 1150. The molecule has 2 aliphatic rings. The Kier molecular flexibility index (Phi) is 4.31. The van der Waals surface area contributed by atoms with Crippen LogP contribution in [0.5, 0.6) is 0 Å². The quantitative estimate of drug-likeness (QED) is 0.691. The number of benzene rings is 1. The first-order valence-corrected chi connectivity index (χ1v) is 10.1. The molecular formula is C24H23N3O2. The zero-order chi connectivity index (χ0) is 20.0. The summed E-state index contributed by atoms with van der Waals surface area (Å²) in [5.74, 6) is 0.428. The fourth-order valence-electron chi connectivity index (χ4n) is 4.11. The number of carboxylic acids is 1. The summed E-state index contributed by atoms with van der Waals surface area (Å²) in [6.07, 6.45) is 10.5. The van der Waals surface area contributed by atoms with Gasteiger partial charge in [-0.05, 0) is 54.5 Å². The zero-order valence-corrected chi connectivity index (χ0v) is 16.4. The molecular weight excluding hydrogens is 362 g/mol. The molecule has 0 bridgehead atoms. The second-order valence-electron chi connectivity index (χ2n) is 8.00. The number of carboxylic acid groups (broad SMARTS) is 1. The lowest BCUT2D eigenvalue weighted by Gasteiger charge is -2.18. The fourth-order valence-corrected chi connectivity index (χ4v) is 4.11. The molecule has 0 amide bonds. The van der Waals surface area contributed by atoms with E-state index in [9.17, 15) is 9.90 Å². The summed E-state index contributed by atoms with van der Waals surface area (Å²) in [7, 11) is 0. The average Bonchev–Trinajstić information content (AvgIpc) is 3.51. The Morgan fingerprint density at radius 2 is 2.00 bits per heavy atom. The molecule has 1 aromatic carbocycles. The second-order valence-corrected chi connectivity index (χ2v) is 8.00. The van der Waals surface area contributed by atoms with Gasteiger partial charge in [-0.2, -0.15) is 0 Å². The van der Waals surface area contributed by atoms with E-state index in [4.69, 9.17) is 4.98 Å². The van der Waals surface area contributed by atoms with E-state index in [2.05, 4.69) is 28.6 Å². The van der Waals surface area contributed by atoms with Crippen LogP contribution in [0.2, 0.25) is 0 Å². The predicted molar refractivity (Wildman–Crippen MR) is 113 cm³/mol. The minimum Gasteiger partial charge on any atom is -0.481 e. The third kappa shape index (κ3) is 3.27. The highest BCUT2D eigenvalue weighted by Crippen LogP contribution is 2.41. The number of pyridine rings is 1. The summed E-state index contributed by atoms with van der Waals surface area (Å²) >= 11 is 0. The Balaban J connectivity index is 1.47. The third-order valence-corrected chi connectivity index (χ3v) is 5.89. The van der Waals surface area contributed by atoms with Crippen LogP contribution in [0, 0.1) is 12.8 Å². The molecule has 1 saturated carbocycles. The van der Waals surface area contributed by atoms with Crippen molar-refractivity contribution in [3.63, 3.8) is 0 Å². The maximum atomic E-state index is 11.6. The first-order valence-electron chi connectivity index (χ1n) is 10.1. The van der Waals surface area contributed by atoms with E-state index in [1.54, 1.807) is 0 Å². The summed E-state index contributed by atoms with van der Waals surface area (Å²) in [4.78, 5) is 21.1. The van der Waals surface area contributed by atoms with Crippen molar-refractivity contribution < 1.29 is 9.90 Å².